The van der Waals surface area contributed by atoms with E-state index in [-0.39, 0.29) is 5.82 Å². The van der Waals surface area contributed by atoms with Crippen molar-refractivity contribution in [2.45, 2.75) is 13.3 Å². The lowest BCUT2D eigenvalue weighted by Crippen LogP contribution is -2.17. The highest BCUT2D eigenvalue weighted by atomic mass is 16.1. The van der Waals surface area contributed by atoms with Gasteiger partial charge >= 0.3 is 0 Å². The van der Waals surface area contributed by atoms with Crippen LogP contribution in [0.3, 0.4) is 0 Å². The second-order valence-corrected chi connectivity index (χ2v) is 4.05. The number of nitrogens with zero attached hydrogens (tertiary/aromatic N) is 2. The number of anilines is 1. The highest BCUT2D eigenvalue weighted by molar-refractivity contribution is 5.98. The highest BCUT2D eigenvalue weighted by Gasteiger charge is 2.12. The van der Waals surface area contributed by atoms with Crippen molar-refractivity contribution in [2.24, 2.45) is 5.73 Å². The lowest BCUT2D eigenvalue weighted by molar-refractivity contribution is 0.100. The molecule has 0 aromatic carbocycles. The molecular formula is C13H14N4O. The fourth-order valence-electron chi connectivity index (χ4n) is 1.87. The molecule has 4 N–H and O–H groups in total. The molecule has 0 saturated heterocycles. The Hall–Kier alpha value is -2.43. The van der Waals surface area contributed by atoms with Crippen LogP contribution >= 0.6 is 0 Å². The Morgan fingerprint density at radius 3 is 2.67 bits per heavy atom. The first-order valence-corrected chi connectivity index (χ1v) is 5.53. The van der Waals surface area contributed by atoms with E-state index in [2.05, 4.69) is 9.97 Å². The highest BCUT2D eigenvalue weighted by Crippen LogP contribution is 2.16. The minimum Gasteiger partial charge on any atom is -0.383 e. The standard InChI is InChI=1S/C13H14N4O/c1-8-6-10(7-9-4-2-3-5-16-9)17-12(14)11(8)13(15)18/h2-6H,7H2,1H3,(H2,14,17)(H2,15,18). The van der Waals surface area contributed by atoms with Crippen LogP contribution in [-0.4, -0.2) is 15.9 Å². The van der Waals surface area contributed by atoms with Gasteiger partial charge in [0.2, 0.25) is 0 Å². The second kappa shape index (κ2) is 4.83. The van der Waals surface area contributed by atoms with Gasteiger partial charge in [0.15, 0.2) is 0 Å². The third-order valence-electron chi connectivity index (χ3n) is 2.63. The molecule has 0 spiro atoms. The van der Waals surface area contributed by atoms with E-state index in [9.17, 15) is 4.79 Å². The summed E-state index contributed by atoms with van der Waals surface area (Å²) < 4.78 is 0. The summed E-state index contributed by atoms with van der Waals surface area (Å²) in [6.07, 6.45) is 2.30. The summed E-state index contributed by atoms with van der Waals surface area (Å²) in [5.74, 6) is -0.379. The maximum Gasteiger partial charge on any atom is 0.252 e. The Morgan fingerprint density at radius 2 is 2.11 bits per heavy atom. The Labute approximate surface area is 105 Å². The fraction of sp³-hybridized carbons (Fsp3) is 0.154. The van der Waals surface area contributed by atoms with Gasteiger partial charge in [-0.1, -0.05) is 6.07 Å². The summed E-state index contributed by atoms with van der Waals surface area (Å²) in [6.45, 7) is 1.79. The van der Waals surface area contributed by atoms with Crippen LogP contribution in [0.15, 0.2) is 30.5 Å². The van der Waals surface area contributed by atoms with Crippen molar-refractivity contribution in [3.8, 4) is 0 Å². The molecule has 2 heterocycles. The summed E-state index contributed by atoms with van der Waals surface area (Å²) in [6, 6.07) is 7.49. The quantitative estimate of drug-likeness (QED) is 0.841. The summed E-state index contributed by atoms with van der Waals surface area (Å²) in [7, 11) is 0. The maximum absolute atomic E-state index is 11.2. The van der Waals surface area contributed by atoms with Gasteiger partial charge in [0.1, 0.15) is 5.82 Å². The van der Waals surface area contributed by atoms with Crippen molar-refractivity contribution in [1.29, 1.82) is 0 Å². The van der Waals surface area contributed by atoms with E-state index in [0.29, 0.717) is 12.0 Å². The minimum absolute atomic E-state index is 0.174. The number of nitrogen functional groups attached to an aromatic ring is 1. The molecule has 92 valence electrons. The number of carbonyl (C=O) groups is 1. The van der Waals surface area contributed by atoms with Crippen molar-refractivity contribution in [3.05, 3.63) is 53.0 Å². The first kappa shape index (κ1) is 12.0. The van der Waals surface area contributed by atoms with Crippen molar-refractivity contribution in [1.82, 2.24) is 9.97 Å². The van der Waals surface area contributed by atoms with Gasteiger partial charge in [-0.3, -0.25) is 9.78 Å². The molecule has 18 heavy (non-hydrogen) atoms. The smallest absolute Gasteiger partial charge is 0.252 e. The summed E-state index contributed by atoms with van der Waals surface area (Å²) in [5, 5.41) is 0. The number of pyridine rings is 2. The number of nitrogens with two attached hydrogens (primary N) is 2. The van der Waals surface area contributed by atoms with Gasteiger partial charge in [0.25, 0.3) is 5.91 Å². The number of hydrogen-bond acceptors (Lipinski definition) is 4. The van der Waals surface area contributed by atoms with Gasteiger partial charge in [0.05, 0.1) is 5.56 Å². The number of aromatic nitrogens is 2. The summed E-state index contributed by atoms with van der Waals surface area (Å²) in [4.78, 5) is 19.6. The normalized spacial score (nSPS) is 10.3. The molecule has 2 aromatic rings. The third-order valence-corrected chi connectivity index (χ3v) is 2.63. The first-order chi connectivity index (χ1) is 8.58. The van der Waals surface area contributed by atoms with Crippen LogP contribution in [0, 0.1) is 6.92 Å². The molecule has 1 amide bonds. The first-order valence-electron chi connectivity index (χ1n) is 5.53. The number of hydrogen-bond donors (Lipinski definition) is 2. The largest absolute Gasteiger partial charge is 0.383 e. The van der Waals surface area contributed by atoms with Crippen LogP contribution in [0.5, 0.6) is 0 Å². The van der Waals surface area contributed by atoms with Gasteiger partial charge in [-0.15, -0.1) is 0 Å². The van der Waals surface area contributed by atoms with E-state index in [4.69, 9.17) is 11.5 Å². The van der Waals surface area contributed by atoms with Gasteiger partial charge < -0.3 is 11.5 Å². The molecule has 5 heteroatoms. The van der Waals surface area contributed by atoms with E-state index < -0.39 is 5.91 Å². The molecular weight excluding hydrogens is 228 g/mol. The molecule has 2 aromatic heterocycles. The SMILES string of the molecule is Cc1cc(Cc2ccccn2)nc(N)c1C(N)=O. The maximum atomic E-state index is 11.2. The van der Waals surface area contributed by atoms with Crippen molar-refractivity contribution in [3.63, 3.8) is 0 Å². The van der Waals surface area contributed by atoms with Crippen LogP contribution in [0.4, 0.5) is 5.82 Å². The molecule has 0 saturated carbocycles. The lowest BCUT2D eigenvalue weighted by atomic mass is 10.1. The third kappa shape index (κ3) is 2.45. The molecule has 0 fully saturated rings. The average Bonchev–Trinajstić information content (AvgIpc) is 2.28. The number of aryl methyl sites for hydroxylation is 1. The molecule has 0 atom stereocenters. The van der Waals surface area contributed by atoms with Crippen molar-refractivity contribution in [2.75, 3.05) is 5.73 Å². The Morgan fingerprint density at radius 1 is 1.33 bits per heavy atom. The van der Waals surface area contributed by atoms with Crippen molar-refractivity contribution >= 4 is 11.7 Å². The zero-order chi connectivity index (χ0) is 13.1. The zero-order valence-corrected chi connectivity index (χ0v) is 10.1. The van der Waals surface area contributed by atoms with Gasteiger partial charge in [-0.2, -0.15) is 0 Å². The Kier molecular flexibility index (Phi) is 3.23. The van der Waals surface area contributed by atoms with E-state index >= 15 is 0 Å². The average molecular weight is 242 g/mol. The number of amides is 1. The van der Waals surface area contributed by atoms with Crippen LogP contribution in [0.1, 0.15) is 27.3 Å². The number of rotatable bonds is 3. The molecule has 0 radical (unpaired) electrons. The summed E-state index contributed by atoms with van der Waals surface area (Å²) in [5.41, 5.74) is 13.7. The van der Waals surface area contributed by atoms with Crippen molar-refractivity contribution < 1.29 is 4.79 Å². The van der Waals surface area contributed by atoms with Crippen LogP contribution < -0.4 is 11.5 Å². The van der Waals surface area contributed by atoms with E-state index in [1.165, 1.54) is 0 Å². The minimum atomic E-state index is -0.554. The van der Waals surface area contributed by atoms with Gasteiger partial charge in [-0.05, 0) is 30.7 Å². The van der Waals surface area contributed by atoms with Crippen LogP contribution in [-0.2, 0) is 6.42 Å². The fourth-order valence-corrected chi connectivity index (χ4v) is 1.87. The predicted molar refractivity (Wildman–Crippen MR) is 68.9 cm³/mol. The number of carbonyl (C=O) groups excluding carboxylic acids is 1. The van der Waals surface area contributed by atoms with Crippen LogP contribution in [0.2, 0.25) is 0 Å². The Bertz CT molecular complexity index is 558. The predicted octanol–water partition coefficient (Wildman–Crippen LogP) is 1.06. The molecule has 0 aliphatic heterocycles. The molecule has 0 aliphatic carbocycles. The summed E-state index contributed by atoms with van der Waals surface area (Å²) >= 11 is 0. The molecule has 0 aliphatic rings. The van der Waals surface area contributed by atoms with Crippen LogP contribution in [0.25, 0.3) is 0 Å². The van der Waals surface area contributed by atoms with E-state index in [1.807, 2.05) is 24.3 Å². The molecule has 2 rings (SSSR count). The van der Waals surface area contributed by atoms with E-state index in [1.54, 1.807) is 13.1 Å². The Balaban J connectivity index is 2.34. The topological polar surface area (TPSA) is 94.9 Å². The zero-order valence-electron chi connectivity index (χ0n) is 10.1. The monoisotopic (exact) mass is 242 g/mol. The lowest BCUT2D eigenvalue weighted by Gasteiger charge is -2.08. The molecule has 5 nitrogen and oxygen atoms in total. The van der Waals surface area contributed by atoms with E-state index in [0.717, 1.165) is 17.0 Å². The van der Waals surface area contributed by atoms with Gasteiger partial charge in [0, 0.05) is 24.0 Å². The molecule has 0 unspecified atom stereocenters. The molecule has 0 bridgehead atoms. The second-order valence-electron chi connectivity index (χ2n) is 4.05. The number of primary amides is 1. The van der Waals surface area contributed by atoms with Gasteiger partial charge in [-0.25, -0.2) is 4.98 Å².